The van der Waals surface area contributed by atoms with Crippen molar-refractivity contribution >= 4 is 11.2 Å². The summed E-state index contributed by atoms with van der Waals surface area (Å²) in [4.78, 5) is 9.34. The highest BCUT2D eigenvalue weighted by Gasteiger charge is 2.26. The van der Waals surface area contributed by atoms with Gasteiger partial charge >= 0.3 is 0 Å². The van der Waals surface area contributed by atoms with Gasteiger partial charge in [-0.05, 0) is 37.8 Å². The molecule has 21 heavy (non-hydrogen) atoms. The largest absolute Gasteiger partial charge is 0.381 e. The lowest BCUT2D eigenvalue weighted by Crippen LogP contribution is -2.23. The van der Waals surface area contributed by atoms with E-state index in [1.54, 1.807) is 0 Å². The normalized spacial score (nSPS) is 26.5. The van der Waals surface area contributed by atoms with Gasteiger partial charge in [0.25, 0.3) is 0 Å². The minimum Gasteiger partial charge on any atom is -0.381 e. The quantitative estimate of drug-likeness (QED) is 0.871. The molecule has 0 aliphatic carbocycles. The van der Waals surface area contributed by atoms with Crippen molar-refractivity contribution in [3.05, 3.63) is 24.2 Å². The van der Waals surface area contributed by atoms with Crippen molar-refractivity contribution < 1.29 is 9.47 Å². The first-order valence-electron chi connectivity index (χ1n) is 7.92. The van der Waals surface area contributed by atoms with Crippen molar-refractivity contribution in [2.75, 3.05) is 19.8 Å². The van der Waals surface area contributed by atoms with Crippen LogP contribution in [0.3, 0.4) is 0 Å². The fraction of sp³-hybridized carbons (Fsp3) is 0.625. The van der Waals surface area contributed by atoms with Gasteiger partial charge in [0.15, 0.2) is 5.65 Å². The van der Waals surface area contributed by atoms with Crippen LogP contribution in [0, 0.1) is 5.92 Å². The molecule has 2 aliphatic heterocycles. The molecular formula is C16H21N3O2. The van der Waals surface area contributed by atoms with Gasteiger partial charge in [-0.25, -0.2) is 9.97 Å². The van der Waals surface area contributed by atoms with E-state index < -0.39 is 0 Å². The van der Waals surface area contributed by atoms with E-state index in [2.05, 4.69) is 9.55 Å². The van der Waals surface area contributed by atoms with E-state index >= 15 is 0 Å². The van der Waals surface area contributed by atoms with Crippen molar-refractivity contribution in [1.29, 1.82) is 0 Å². The zero-order valence-corrected chi connectivity index (χ0v) is 12.2. The van der Waals surface area contributed by atoms with Crippen LogP contribution >= 0.6 is 0 Å². The fourth-order valence-electron chi connectivity index (χ4n) is 3.39. The van der Waals surface area contributed by atoms with Crippen molar-refractivity contribution in [2.24, 2.45) is 5.92 Å². The topological polar surface area (TPSA) is 49.2 Å². The highest BCUT2D eigenvalue weighted by Crippen LogP contribution is 2.31. The third-order valence-corrected chi connectivity index (χ3v) is 4.45. The summed E-state index contributed by atoms with van der Waals surface area (Å²) < 4.78 is 13.7. The molecule has 0 aromatic carbocycles. The molecule has 2 unspecified atom stereocenters. The predicted molar refractivity (Wildman–Crippen MR) is 79.0 cm³/mol. The van der Waals surface area contributed by atoms with Gasteiger partial charge in [0.1, 0.15) is 17.4 Å². The predicted octanol–water partition coefficient (Wildman–Crippen LogP) is 2.71. The maximum absolute atomic E-state index is 5.86. The molecule has 112 valence electrons. The molecule has 5 nitrogen and oxygen atoms in total. The lowest BCUT2D eigenvalue weighted by Gasteiger charge is -2.24. The molecule has 2 aromatic rings. The van der Waals surface area contributed by atoms with Gasteiger partial charge in [0.2, 0.25) is 0 Å². The number of hydrogen-bond acceptors (Lipinski definition) is 4. The molecule has 2 fully saturated rings. The van der Waals surface area contributed by atoms with Crippen LogP contribution < -0.4 is 0 Å². The molecule has 0 spiro atoms. The maximum Gasteiger partial charge on any atom is 0.160 e. The van der Waals surface area contributed by atoms with E-state index in [1.165, 1.54) is 6.42 Å². The van der Waals surface area contributed by atoms with E-state index in [9.17, 15) is 0 Å². The van der Waals surface area contributed by atoms with Crippen LogP contribution in [0.25, 0.3) is 11.2 Å². The molecule has 2 atom stereocenters. The molecule has 4 rings (SSSR count). The third-order valence-electron chi connectivity index (χ3n) is 4.45. The first kappa shape index (κ1) is 13.2. The smallest absolute Gasteiger partial charge is 0.160 e. The highest BCUT2D eigenvalue weighted by molar-refractivity contribution is 5.71. The summed E-state index contributed by atoms with van der Waals surface area (Å²) in [7, 11) is 0. The molecule has 2 saturated heterocycles. The van der Waals surface area contributed by atoms with Crippen LogP contribution in [0.5, 0.6) is 0 Å². The van der Waals surface area contributed by atoms with Crippen LogP contribution in [-0.2, 0) is 16.0 Å². The van der Waals surface area contributed by atoms with Gasteiger partial charge in [-0.15, -0.1) is 0 Å². The molecule has 0 saturated carbocycles. The van der Waals surface area contributed by atoms with Crippen LogP contribution in [0.4, 0.5) is 0 Å². The Labute approximate surface area is 124 Å². The maximum atomic E-state index is 5.86. The Kier molecular flexibility index (Phi) is 3.61. The molecule has 2 aliphatic rings. The van der Waals surface area contributed by atoms with E-state index in [4.69, 9.17) is 14.5 Å². The fourth-order valence-corrected chi connectivity index (χ4v) is 3.39. The number of pyridine rings is 1. The minimum absolute atomic E-state index is 0.128. The van der Waals surface area contributed by atoms with Crippen LogP contribution in [-0.4, -0.2) is 34.4 Å². The number of nitrogens with zero attached hydrogens (tertiary/aromatic N) is 3. The highest BCUT2D eigenvalue weighted by atomic mass is 16.5. The number of aromatic nitrogens is 3. The summed E-state index contributed by atoms with van der Waals surface area (Å²) in [5.41, 5.74) is 1.95. The molecular weight excluding hydrogens is 266 g/mol. The second-order valence-corrected chi connectivity index (χ2v) is 6.01. The zero-order valence-electron chi connectivity index (χ0n) is 12.2. The van der Waals surface area contributed by atoms with Crippen molar-refractivity contribution in [1.82, 2.24) is 14.5 Å². The Morgan fingerprint density at radius 2 is 2.19 bits per heavy atom. The summed E-state index contributed by atoms with van der Waals surface area (Å²) in [6.07, 6.45) is 6.52. The molecule has 4 heterocycles. The second kappa shape index (κ2) is 5.73. The summed E-state index contributed by atoms with van der Waals surface area (Å²) >= 11 is 0. The summed E-state index contributed by atoms with van der Waals surface area (Å²) in [6, 6.07) is 3.98. The monoisotopic (exact) mass is 287 g/mol. The number of imidazole rings is 1. The minimum atomic E-state index is 0.128. The van der Waals surface area contributed by atoms with E-state index in [-0.39, 0.29) is 6.10 Å². The molecule has 0 N–H and O–H groups in total. The molecule has 0 amide bonds. The van der Waals surface area contributed by atoms with Crippen molar-refractivity contribution in [2.45, 2.75) is 38.3 Å². The standard InChI is InChI=1S/C16H21N3O2/c1-5-13-15(17-7-1)19(10-12-4-2-8-20-11-12)16(18-13)14-6-3-9-21-14/h1,5,7,12,14H,2-4,6,8-11H2. The summed E-state index contributed by atoms with van der Waals surface area (Å²) in [6.45, 7) is 3.52. The summed E-state index contributed by atoms with van der Waals surface area (Å²) in [5.74, 6) is 1.60. The van der Waals surface area contributed by atoms with Crippen LogP contribution in [0.15, 0.2) is 18.3 Å². The van der Waals surface area contributed by atoms with E-state index in [1.807, 2.05) is 18.3 Å². The zero-order chi connectivity index (χ0) is 14.1. The van der Waals surface area contributed by atoms with E-state index in [0.717, 1.165) is 62.6 Å². The first-order valence-corrected chi connectivity index (χ1v) is 7.92. The molecule has 0 radical (unpaired) electrons. The van der Waals surface area contributed by atoms with Gasteiger partial charge in [0.05, 0.1) is 6.61 Å². The second-order valence-electron chi connectivity index (χ2n) is 6.01. The first-order chi connectivity index (χ1) is 10.4. The number of ether oxygens (including phenoxy) is 2. The number of rotatable bonds is 3. The molecule has 5 heteroatoms. The average Bonchev–Trinajstić information content (AvgIpc) is 3.16. The van der Waals surface area contributed by atoms with E-state index in [0.29, 0.717) is 5.92 Å². The Balaban J connectivity index is 1.70. The Hall–Kier alpha value is -1.46. The Bertz CT molecular complexity index is 613. The SMILES string of the molecule is c1cnc2c(c1)nc(C1CCCO1)n2CC1CCCOC1. The third kappa shape index (κ3) is 2.56. The van der Waals surface area contributed by atoms with Gasteiger partial charge < -0.3 is 14.0 Å². The summed E-state index contributed by atoms with van der Waals surface area (Å²) in [5, 5.41) is 0. The lowest BCUT2D eigenvalue weighted by molar-refractivity contribution is 0.0463. The van der Waals surface area contributed by atoms with Crippen LogP contribution in [0.2, 0.25) is 0 Å². The number of fused-ring (bicyclic) bond motifs is 1. The number of hydrogen-bond donors (Lipinski definition) is 0. The Morgan fingerprint density at radius 1 is 1.24 bits per heavy atom. The average molecular weight is 287 g/mol. The molecule has 0 bridgehead atoms. The van der Waals surface area contributed by atoms with Crippen molar-refractivity contribution in [3.8, 4) is 0 Å². The van der Waals surface area contributed by atoms with Gasteiger partial charge in [0, 0.05) is 31.9 Å². The lowest BCUT2D eigenvalue weighted by atomic mass is 10.0. The molecule has 2 aromatic heterocycles. The Morgan fingerprint density at radius 3 is 3.00 bits per heavy atom. The van der Waals surface area contributed by atoms with Crippen LogP contribution in [0.1, 0.15) is 37.6 Å². The van der Waals surface area contributed by atoms with Gasteiger partial charge in [-0.2, -0.15) is 0 Å². The van der Waals surface area contributed by atoms with Crippen molar-refractivity contribution in [3.63, 3.8) is 0 Å². The van der Waals surface area contributed by atoms with Gasteiger partial charge in [-0.3, -0.25) is 0 Å². The van der Waals surface area contributed by atoms with Gasteiger partial charge in [-0.1, -0.05) is 0 Å².